The van der Waals surface area contributed by atoms with Gasteiger partial charge in [-0.1, -0.05) is 6.92 Å². The number of likely N-dealkylation sites (tertiary alicyclic amines) is 1. The van der Waals surface area contributed by atoms with E-state index >= 15 is 0 Å². The summed E-state index contributed by atoms with van der Waals surface area (Å²) in [5.74, 6) is 2.09. The molecule has 1 aliphatic rings. The predicted molar refractivity (Wildman–Crippen MR) is 93.1 cm³/mol. The normalized spacial score (nSPS) is 21.1. The Morgan fingerprint density at radius 2 is 2.00 bits per heavy atom. The highest BCUT2D eigenvalue weighted by Gasteiger charge is 2.31. The highest BCUT2D eigenvalue weighted by atomic mass is 16.2. The number of benzene rings is 1. The second-order valence-corrected chi connectivity index (χ2v) is 6.59. The van der Waals surface area contributed by atoms with E-state index in [0.29, 0.717) is 18.0 Å². The highest BCUT2D eigenvalue weighted by Crippen LogP contribution is 2.24. The molecule has 128 valence electrons. The topological polar surface area (TPSA) is 77.0 Å². The monoisotopic (exact) mass is 327 g/mol. The molecular weight excluding hydrogens is 302 g/mol. The zero-order valence-corrected chi connectivity index (χ0v) is 14.6. The van der Waals surface area contributed by atoms with E-state index in [-0.39, 0.29) is 11.9 Å². The van der Waals surface area contributed by atoms with Crippen molar-refractivity contribution >= 4 is 5.91 Å². The minimum atomic E-state index is 0.0649. The molecule has 0 spiro atoms. The third-order valence-corrected chi connectivity index (χ3v) is 4.85. The number of aryl methyl sites for hydroxylation is 2. The van der Waals surface area contributed by atoms with Crippen molar-refractivity contribution in [3.8, 4) is 5.69 Å². The molecule has 24 heavy (non-hydrogen) atoms. The molecule has 2 N–H and O–H groups in total. The first-order valence-electron chi connectivity index (χ1n) is 8.53. The van der Waals surface area contributed by atoms with Crippen molar-refractivity contribution in [3.63, 3.8) is 0 Å². The van der Waals surface area contributed by atoms with Gasteiger partial charge in [-0.2, -0.15) is 5.10 Å². The summed E-state index contributed by atoms with van der Waals surface area (Å²) in [6.45, 7) is 7.26. The minimum absolute atomic E-state index is 0.0649. The summed E-state index contributed by atoms with van der Waals surface area (Å²) in [5.41, 5.74) is 7.51. The van der Waals surface area contributed by atoms with Crippen LogP contribution in [0.5, 0.6) is 0 Å². The molecule has 0 saturated carbocycles. The largest absolute Gasteiger partial charge is 0.334 e. The van der Waals surface area contributed by atoms with Crippen LogP contribution in [-0.2, 0) is 0 Å². The van der Waals surface area contributed by atoms with Gasteiger partial charge in [0.25, 0.3) is 5.91 Å². The molecule has 2 atom stereocenters. The molecule has 1 aromatic heterocycles. The lowest BCUT2D eigenvalue weighted by Crippen LogP contribution is -2.51. The second kappa shape index (κ2) is 6.73. The number of rotatable bonds is 3. The van der Waals surface area contributed by atoms with Crippen molar-refractivity contribution < 1.29 is 4.79 Å². The number of piperidine rings is 1. The Balaban J connectivity index is 1.82. The van der Waals surface area contributed by atoms with Crippen LogP contribution in [0, 0.1) is 19.8 Å². The molecule has 3 rings (SSSR count). The molecule has 1 saturated heterocycles. The van der Waals surface area contributed by atoms with E-state index in [9.17, 15) is 4.79 Å². The number of nitrogens with zero attached hydrogens (tertiary/aromatic N) is 4. The van der Waals surface area contributed by atoms with Crippen molar-refractivity contribution in [2.75, 3.05) is 13.1 Å². The van der Waals surface area contributed by atoms with E-state index in [0.717, 1.165) is 36.7 Å². The van der Waals surface area contributed by atoms with Crippen LogP contribution in [0.4, 0.5) is 0 Å². The Bertz CT molecular complexity index is 722. The molecule has 0 bridgehead atoms. The summed E-state index contributed by atoms with van der Waals surface area (Å²) in [6, 6.07) is 7.69. The Morgan fingerprint density at radius 1 is 1.29 bits per heavy atom. The van der Waals surface area contributed by atoms with Crippen LogP contribution < -0.4 is 5.73 Å². The number of aromatic nitrogens is 3. The fourth-order valence-corrected chi connectivity index (χ4v) is 3.54. The third kappa shape index (κ3) is 3.06. The van der Waals surface area contributed by atoms with Crippen molar-refractivity contribution in [2.24, 2.45) is 11.7 Å². The smallest absolute Gasteiger partial charge is 0.254 e. The van der Waals surface area contributed by atoms with Crippen LogP contribution >= 0.6 is 0 Å². The zero-order chi connectivity index (χ0) is 17.3. The van der Waals surface area contributed by atoms with E-state index in [2.05, 4.69) is 17.0 Å². The van der Waals surface area contributed by atoms with E-state index in [1.165, 1.54) is 0 Å². The third-order valence-electron chi connectivity index (χ3n) is 4.85. The average molecular weight is 327 g/mol. The quantitative estimate of drug-likeness (QED) is 0.936. The maximum Gasteiger partial charge on any atom is 0.254 e. The maximum atomic E-state index is 12.9. The van der Waals surface area contributed by atoms with Crippen LogP contribution in [0.3, 0.4) is 0 Å². The standard InChI is InChI=1S/C18H25N5O/c1-12-5-4-10-22(17(12)11-19)18(24)15-6-8-16(9-7-15)23-14(3)20-13(2)21-23/h6-9,12,17H,4-5,10-11,19H2,1-3H3/t12-,17+/m0/s1. The number of carbonyl (C=O) groups is 1. The number of carbonyl (C=O) groups excluding carboxylic acids is 1. The van der Waals surface area contributed by atoms with Gasteiger partial charge in [0.1, 0.15) is 11.6 Å². The van der Waals surface area contributed by atoms with Crippen molar-refractivity contribution in [2.45, 2.75) is 39.7 Å². The minimum Gasteiger partial charge on any atom is -0.334 e. The lowest BCUT2D eigenvalue weighted by Gasteiger charge is -2.39. The first-order chi connectivity index (χ1) is 11.5. The Labute approximate surface area is 142 Å². The van der Waals surface area contributed by atoms with Crippen LogP contribution in [0.1, 0.15) is 41.8 Å². The fourth-order valence-electron chi connectivity index (χ4n) is 3.54. The Hall–Kier alpha value is -2.21. The molecule has 2 heterocycles. The van der Waals surface area contributed by atoms with Gasteiger partial charge in [0.15, 0.2) is 0 Å². The van der Waals surface area contributed by atoms with E-state index in [1.807, 2.05) is 43.0 Å². The van der Waals surface area contributed by atoms with Gasteiger partial charge in [-0.15, -0.1) is 0 Å². The Morgan fingerprint density at radius 3 is 2.58 bits per heavy atom. The molecule has 1 aliphatic heterocycles. The second-order valence-electron chi connectivity index (χ2n) is 6.59. The fraction of sp³-hybridized carbons (Fsp3) is 0.500. The van der Waals surface area contributed by atoms with Gasteiger partial charge in [-0.3, -0.25) is 4.79 Å². The zero-order valence-electron chi connectivity index (χ0n) is 14.6. The molecule has 1 fully saturated rings. The number of hydrogen-bond acceptors (Lipinski definition) is 4. The SMILES string of the molecule is Cc1nc(C)n(-c2ccc(C(=O)N3CCC[C@H](C)[C@H]3CN)cc2)n1. The van der Waals surface area contributed by atoms with Gasteiger partial charge in [0, 0.05) is 24.7 Å². The molecular formula is C18H25N5O. The molecule has 6 nitrogen and oxygen atoms in total. The van der Waals surface area contributed by atoms with Crippen molar-refractivity contribution in [3.05, 3.63) is 41.5 Å². The van der Waals surface area contributed by atoms with Gasteiger partial charge < -0.3 is 10.6 Å². The molecule has 0 unspecified atom stereocenters. The van der Waals surface area contributed by atoms with Crippen LogP contribution in [0.15, 0.2) is 24.3 Å². The summed E-state index contributed by atoms with van der Waals surface area (Å²) in [6.07, 6.45) is 2.18. The summed E-state index contributed by atoms with van der Waals surface area (Å²) in [7, 11) is 0. The van der Waals surface area contributed by atoms with Gasteiger partial charge in [-0.25, -0.2) is 9.67 Å². The number of hydrogen-bond donors (Lipinski definition) is 1. The van der Waals surface area contributed by atoms with Crippen molar-refractivity contribution in [1.29, 1.82) is 0 Å². The average Bonchev–Trinajstić information content (AvgIpc) is 2.92. The highest BCUT2D eigenvalue weighted by molar-refractivity contribution is 5.94. The van der Waals surface area contributed by atoms with Gasteiger partial charge in [0.2, 0.25) is 0 Å². The Kier molecular flexibility index (Phi) is 4.66. The van der Waals surface area contributed by atoms with Crippen LogP contribution in [0.2, 0.25) is 0 Å². The molecule has 0 radical (unpaired) electrons. The van der Waals surface area contributed by atoms with Crippen LogP contribution in [0.25, 0.3) is 5.69 Å². The summed E-state index contributed by atoms with van der Waals surface area (Å²) < 4.78 is 1.79. The summed E-state index contributed by atoms with van der Waals surface area (Å²) >= 11 is 0. The number of amides is 1. The molecule has 1 aromatic carbocycles. The van der Waals surface area contributed by atoms with Gasteiger partial charge in [0.05, 0.1) is 5.69 Å². The van der Waals surface area contributed by atoms with Crippen molar-refractivity contribution in [1.82, 2.24) is 19.7 Å². The first-order valence-corrected chi connectivity index (χ1v) is 8.53. The lowest BCUT2D eigenvalue weighted by molar-refractivity contribution is 0.0532. The van der Waals surface area contributed by atoms with E-state index in [4.69, 9.17) is 5.73 Å². The summed E-state index contributed by atoms with van der Waals surface area (Å²) in [5, 5.41) is 4.37. The first kappa shape index (κ1) is 16.6. The van der Waals surface area contributed by atoms with E-state index in [1.54, 1.807) is 4.68 Å². The molecule has 0 aliphatic carbocycles. The van der Waals surface area contributed by atoms with E-state index < -0.39 is 0 Å². The maximum absolute atomic E-state index is 12.9. The summed E-state index contributed by atoms with van der Waals surface area (Å²) in [4.78, 5) is 19.1. The van der Waals surface area contributed by atoms with Crippen LogP contribution in [-0.4, -0.2) is 44.7 Å². The number of nitrogens with two attached hydrogens (primary N) is 1. The lowest BCUT2D eigenvalue weighted by atomic mass is 9.90. The van der Waals surface area contributed by atoms with Gasteiger partial charge in [-0.05, 0) is 56.9 Å². The van der Waals surface area contributed by atoms with Gasteiger partial charge >= 0.3 is 0 Å². The molecule has 2 aromatic rings. The molecule has 1 amide bonds. The molecule has 6 heteroatoms. The predicted octanol–water partition coefficient (Wildman–Crippen LogP) is 2.08.